The molecule has 1 atom stereocenters. The van der Waals surface area contributed by atoms with Gasteiger partial charge in [0, 0.05) is 25.6 Å². The molecule has 0 fully saturated rings. The predicted octanol–water partition coefficient (Wildman–Crippen LogP) is 3.87. The van der Waals surface area contributed by atoms with E-state index in [0.29, 0.717) is 18.4 Å². The Morgan fingerprint density at radius 3 is 2.35 bits per heavy atom. The van der Waals surface area contributed by atoms with Crippen molar-refractivity contribution >= 4 is 6.03 Å². The second kappa shape index (κ2) is 8.62. The minimum atomic E-state index is 0.0515. The normalized spacial score (nSPS) is 12.2. The second-order valence-corrected chi connectivity index (χ2v) is 5.63. The number of amides is 2. The van der Waals surface area contributed by atoms with Crippen molar-refractivity contribution in [3.8, 4) is 0 Å². The van der Waals surface area contributed by atoms with E-state index in [-0.39, 0.29) is 6.03 Å². The highest BCUT2D eigenvalue weighted by atomic mass is 16.2. The van der Waals surface area contributed by atoms with Crippen LogP contribution in [0.4, 0.5) is 4.79 Å². The van der Waals surface area contributed by atoms with Crippen LogP contribution in [0.2, 0.25) is 0 Å². The molecule has 1 N–H and O–H groups in total. The van der Waals surface area contributed by atoms with Crippen molar-refractivity contribution in [2.24, 2.45) is 5.92 Å². The molecule has 0 heterocycles. The van der Waals surface area contributed by atoms with Crippen LogP contribution in [0.15, 0.2) is 30.3 Å². The Labute approximate surface area is 123 Å². The van der Waals surface area contributed by atoms with E-state index in [4.69, 9.17) is 0 Å². The van der Waals surface area contributed by atoms with Gasteiger partial charge < -0.3 is 10.2 Å². The highest BCUT2D eigenvalue weighted by Crippen LogP contribution is 2.18. The third-order valence-corrected chi connectivity index (χ3v) is 3.52. The number of hydrogen-bond donors (Lipinski definition) is 1. The molecule has 0 aliphatic rings. The molecule has 1 unspecified atom stereocenters. The molecule has 3 nitrogen and oxygen atoms in total. The maximum absolute atomic E-state index is 12.2. The molecule has 0 aliphatic heterocycles. The van der Waals surface area contributed by atoms with E-state index in [1.54, 1.807) is 0 Å². The van der Waals surface area contributed by atoms with Gasteiger partial charge in [0.15, 0.2) is 0 Å². The fraction of sp³-hybridized carbons (Fsp3) is 0.588. The van der Waals surface area contributed by atoms with Gasteiger partial charge in [0.05, 0.1) is 0 Å². The van der Waals surface area contributed by atoms with Gasteiger partial charge in [-0.15, -0.1) is 0 Å². The molecular formula is C17H28N2O. The number of hydrogen-bond acceptors (Lipinski definition) is 1. The van der Waals surface area contributed by atoms with Gasteiger partial charge in [0.2, 0.25) is 0 Å². The lowest BCUT2D eigenvalue weighted by Crippen LogP contribution is -2.43. The van der Waals surface area contributed by atoms with Gasteiger partial charge in [0.1, 0.15) is 0 Å². The Balaban J connectivity index is 2.53. The molecular weight excluding hydrogens is 248 g/mol. The second-order valence-electron chi connectivity index (χ2n) is 5.63. The van der Waals surface area contributed by atoms with E-state index in [1.165, 1.54) is 5.56 Å². The van der Waals surface area contributed by atoms with Crippen LogP contribution >= 0.6 is 0 Å². The number of carbonyl (C=O) groups excluding carboxylic acids is 1. The van der Waals surface area contributed by atoms with E-state index in [2.05, 4.69) is 50.4 Å². The van der Waals surface area contributed by atoms with Gasteiger partial charge in [0.25, 0.3) is 0 Å². The van der Waals surface area contributed by atoms with Crippen LogP contribution < -0.4 is 5.32 Å². The highest BCUT2D eigenvalue weighted by Gasteiger charge is 2.15. The average molecular weight is 276 g/mol. The molecule has 1 rings (SSSR count). The molecule has 0 bridgehead atoms. The number of nitrogens with one attached hydrogen (secondary N) is 1. The predicted molar refractivity (Wildman–Crippen MR) is 85.0 cm³/mol. The Bertz CT molecular complexity index is 389. The summed E-state index contributed by atoms with van der Waals surface area (Å²) in [6.07, 6.45) is 1.03. The summed E-state index contributed by atoms with van der Waals surface area (Å²) in [6, 6.07) is 10.4. The summed E-state index contributed by atoms with van der Waals surface area (Å²) in [7, 11) is 0. The average Bonchev–Trinajstić information content (AvgIpc) is 2.46. The lowest BCUT2D eigenvalue weighted by atomic mass is 9.97. The monoisotopic (exact) mass is 276 g/mol. The van der Waals surface area contributed by atoms with Gasteiger partial charge in [-0.05, 0) is 24.8 Å². The summed E-state index contributed by atoms with van der Waals surface area (Å²) in [5.74, 6) is 0.884. The molecule has 0 saturated carbocycles. The molecule has 20 heavy (non-hydrogen) atoms. The van der Waals surface area contributed by atoms with Crippen LogP contribution in [0.3, 0.4) is 0 Å². The van der Waals surface area contributed by atoms with Crippen molar-refractivity contribution in [1.29, 1.82) is 0 Å². The zero-order valence-electron chi connectivity index (χ0n) is 13.2. The lowest BCUT2D eigenvalue weighted by Gasteiger charge is -2.25. The van der Waals surface area contributed by atoms with Gasteiger partial charge in [-0.2, -0.15) is 0 Å². The Hall–Kier alpha value is -1.51. The Morgan fingerprint density at radius 2 is 1.85 bits per heavy atom. The number of rotatable bonds is 7. The van der Waals surface area contributed by atoms with E-state index < -0.39 is 0 Å². The van der Waals surface area contributed by atoms with Crippen molar-refractivity contribution in [3.05, 3.63) is 35.9 Å². The van der Waals surface area contributed by atoms with Crippen LogP contribution in [-0.2, 0) is 0 Å². The smallest absolute Gasteiger partial charge is 0.317 e. The molecule has 1 aromatic rings. The van der Waals surface area contributed by atoms with E-state index in [9.17, 15) is 4.79 Å². The summed E-state index contributed by atoms with van der Waals surface area (Å²) < 4.78 is 0. The first kappa shape index (κ1) is 16.5. The molecule has 0 aliphatic carbocycles. The minimum absolute atomic E-state index is 0.0515. The Morgan fingerprint density at radius 1 is 1.20 bits per heavy atom. The van der Waals surface area contributed by atoms with Crippen molar-refractivity contribution in [3.63, 3.8) is 0 Å². The molecule has 112 valence electrons. The fourth-order valence-electron chi connectivity index (χ4n) is 2.34. The molecule has 0 spiro atoms. The van der Waals surface area contributed by atoms with Crippen molar-refractivity contribution in [1.82, 2.24) is 10.2 Å². The standard InChI is InChI=1S/C17H28N2O/c1-5-15(16-10-8-7-9-11-16)12-18-17(20)19(6-2)13-14(3)4/h7-11,14-15H,5-6,12-13H2,1-4H3,(H,18,20). The quantitative estimate of drug-likeness (QED) is 0.805. The first-order valence-corrected chi connectivity index (χ1v) is 7.66. The Kier molecular flexibility index (Phi) is 7.13. The highest BCUT2D eigenvalue weighted by molar-refractivity contribution is 5.74. The zero-order chi connectivity index (χ0) is 15.0. The summed E-state index contributed by atoms with van der Waals surface area (Å²) in [6.45, 7) is 10.7. The third kappa shape index (κ3) is 5.24. The summed E-state index contributed by atoms with van der Waals surface area (Å²) in [4.78, 5) is 14.1. The number of carbonyl (C=O) groups is 1. The van der Waals surface area contributed by atoms with Crippen LogP contribution in [-0.4, -0.2) is 30.6 Å². The number of urea groups is 1. The van der Waals surface area contributed by atoms with Gasteiger partial charge in [-0.3, -0.25) is 0 Å². The SMILES string of the molecule is CCC(CNC(=O)N(CC)CC(C)C)c1ccccc1. The third-order valence-electron chi connectivity index (χ3n) is 3.52. The van der Waals surface area contributed by atoms with Crippen molar-refractivity contribution < 1.29 is 4.79 Å². The number of benzene rings is 1. The molecule has 2 amide bonds. The van der Waals surface area contributed by atoms with Crippen molar-refractivity contribution in [2.75, 3.05) is 19.6 Å². The van der Waals surface area contributed by atoms with Gasteiger partial charge in [-0.25, -0.2) is 4.79 Å². The first-order valence-electron chi connectivity index (χ1n) is 7.66. The largest absolute Gasteiger partial charge is 0.337 e. The summed E-state index contributed by atoms with van der Waals surface area (Å²) in [5.41, 5.74) is 1.29. The zero-order valence-corrected chi connectivity index (χ0v) is 13.2. The number of nitrogens with zero attached hydrogens (tertiary/aromatic N) is 1. The topological polar surface area (TPSA) is 32.3 Å². The van der Waals surface area contributed by atoms with E-state index in [1.807, 2.05) is 17.9 Å². The van der Waals surface area contributed by atoms with E-state index >= 15 is 0 Å². The molecule has 0 radical (unpaired) electrons. The summed E-state index contributed by atoms with van der Waals surface area (Å²) in [5, 5.41) is 3.08. The minimum Gasteiger partial charge on any atom is -0.337 e. The van der Waals surface area contributed by atoms with Gasteiger partial charge >= 0.3 is 6.03 Å². The van der Waals surface area contributed by atoms with Crippen LogP contribution in [0.25, 0.3) is 0 Å². The first-order chi connectivity index (χ1) is 9.58. The van der Waals surface area contributed by atoms with Crippen LogP contribution in [0.5, 0.6) is 0 Å². The van der Waals surface area contributed by atoms with Crippen LogP contribution in [0, 0.1) is 5.92 Å². The summed E-state index contributed by atoms with van der Waals surface area (Å²) >= 11 is 0. The van der Waals surface area contributed by atoms with E-state index in [0.717, 1.165) is 19.5 Å². The molecule has 0 saturated heterocycles. The maximum atomic E-state index is 12.2. The fourth-order valence-corrected chi connectivity index (χ4v) is 2.34. The molecule has 1 aromatic carbocycles. The van der Waals surface area contributed by atoms with Gasteiger partial charge in [-0.1, -0.05) is 51.1 Å². The maximum Gasteiger partial charge on any atom is 0.317 e. The van der Waals surface area contributed by atoms with Crippen LogP contribution in [0.1, 0.15) is 45.6 Å². The molecule has 3 heteroatoms. The lowest BCUT2D eigenvalue weighted by molar-refractivity contribution is 0.193. The van der Waals surface area contributed by atoms with Crippen molar-refractivity contribution in [2.45, 2.75) is 40.0 Å². The molecule has 0 aromatic heterocycles.